The average molecular weight is 370 g/mol. The summed E-state index contributed by atoms with van der Waals surface area (Å²) in [6, 6.07) is 15.5. The van der Waals surface area contributed by atoms with Crippen molar-refractivity contribution in [3.8, 4) is 22.6 Å². The van der Waals surface area contributed by atoms with Gasteiger partial charge in [0.1, 0.15) is 11.5 Å². The van der Waals surface area contributed by atoms with Crippen molar-refractivity contribution in [1.82, 2.24) is 0 Å². The minimum atomic E-state index is -0.581. The van der Waals surface area contributed by atoms with Gasteiger partial charge in [0, 0.05) is 17.7 Å². The van der Waals surface area contributed by atoms with Crippen LogP contribution in [0.1, 0.15) is 0 Å². The summed E-state index contributed by atoms with van der Waals surface area (Å²) in [7, 11) is 0. The van der Waals surface area contributed by atoms with Crippen LogP contribution in [0.3, 0.4) is 0 Å². The van der Waals surface area contributed by atoms with Crippen LogP contribution < -0.4 is 0 Å². The zero-order chi connectivity index (χ0) is 18.7. The van der Waals surface area contributed by atoms with Gasteiger partial charge in [-0.05, 0) is 29.8 Å². The SMILES string of the molecule is O=[N+]([O-])c1cc(-c2cc(Cl)c(O)cc2O)ccc1N=Nc1ccccc1. The molecule has 0 aliphatic heterocycles. The summed E-state index contributed by atoms with van der Waals surface area (Å²) >= 11 is 5.86. The Hall–Kier alpha value is -3.45. The lowest BCUT2D eigenvalue weighted by Gasteiger charge is -2.07. The molecule has 26 heavy (non-hydrogen) atoms. The number of aromatic hydroxyl groups is 2. The van der Waals surface area contributed by atoms with Crippen molar-refractivity contribution < 1.29 is 15.1 Å². The van der Waals surface area contributed by atoms with Crippen LogP contribution in [0.2, 0.25) is 5.02 Å². The fraction of sp³-hybridized carbons (Fsp3) is 0. The third-order valence-electron chi connectivity index (χ3n) is 3.58. The number of benzene rings is 3. The Morgan fingerprint density at radius 1 is 0.923 bits per heavy atom. The number of nitro benzene ring substituents is 1. The van der Waals surface area contributed by atoms with Crippen LogP contribution in [0.25, 0.3) is 11.1 Å². The molecule has 0 unspecified atom stereocenters. The van der Waals surface area contributed by atoms with Gasteiger partial charge in [0.15, 0.2) is 5.69 Å². The summed E-state index contributed by atoms with van der Waals surface area (Å²) in [6.45, 7) is 0. The van der Waals surface area contributed by atoms with E-state index in [1.165, 1.54) is 18.2 Å². The van der Waals surface area contributed by atoms with E-state index in [-0.39, 0.29) is 33.5 Å². The van der Waals surface area contributed by atoms with Gasteiger partial charge in [-0.15, -0.1) is 5.11 Å². The van der Waals surface area contributed by atoms with E-state index >= 15 is 0 Å². The molecule has 0 amide bonds. The summed E-state index contributed by atoms with van der Waals surface area (Å²) in [5.74, 6) is -0.532. The molecule has 0 atom stereocenters. The topological polar surface area (TPSA) is 108 Å². The van der Waals surface area contributed by atoms with Crippen molar-refractivity contribution in [3.63, 3.8) is 0 Å². The zero-order valence-corrected chi connectivity index (χ0v) is 14.0. The van der Waals surface area contributed by atoms with Gasteiger partial charge in [0.05, 0.1) is 15.6 Å². The lowest BCUT2D eigenvalue weighted by Crippen LogP contribution is -1.90. The van der Waals surface area contributed by atoms with Crippen molar-refractivity contribution in [2.24, 2.45) is 10.2 Å². The summed E-state index contributed by atoms with van der Waals surface area (Å²) < 4.78 is 0. The molecule has 3 aromatic carbocycles. The van der Waals surface area contributed by atoms with Crippen LogP contribution in [-0.2, 0) is 0 Å². The minimum absolute atomic E-state index is 0.0216. The highest BCUT2D eigenvalue weighted by atomic mass is 35.5. The molecule has 0 aromatic heterocycles. The molecular weight excluding hydrogens is 358 g/mol. The summed E-state index contributed by atoms with van der Waals surface area (Å²) in [4.78, 5) is 10.8. The van der Waals surface area contributed by atoms with Crippen LogP contribution >= 0.6 is 11.6 Å². The second kappa shape index (κ2) is 7.20. The first-order chi connectivity index (χ1) is 12.5. The highest BCUT2D eigenvalue weighted by molar-refractivity contribution is 6.32. The monoisotopic (exact) mass is 369 g/mol. The zero-order valence-electron chi connectivity index (χ0n) is 13.2. The third kappa shape index (κ3) is 3.62. The summed E-state index contributed by atoms with van der Waals surface area (Å²) in [6.07, 6.45) is 0. The molecule has 3 rings (SSSR count). The minimum Gasteiger partial charge on any atom is -0.507 e. The maximum atomic E-state index is 11.4. The number of halogens is 1. The normalized spacial score (nSPS) is 11.0. The van der Waals surface area contributed by atoms with Gasteiger partial charge in [0.2, 0.25) is 0 Å². The smallest absolute Gasteiger partial charge is 0.297 e. The predicted molar refractivity (Wildman–Crippen MR) is 97.5 cm³/mol. The number of rotatable bonds is 4. The van der Waals surface area contributed by atoms with E-state index in [2.05, 4.69) is 10.2 Å². The van der Waals surface area contributed by atoms with Crippen molar-refractivity contribution in [2.45, 2.75) is 0 Å². The summed E-state index contributed by atoms with van der Waals surface area (Å²) in [5.41, 5.74) is 0.976. The molecule has 0 saturated heterocycles. The molecule has 7 nitrogen and oxygen atoms in total. The number of nitro groups is 1. The molecule has 3 aromatic rings. The van der Waals surface area contributed by atoms with E-state index in [9.17, 15) is 20.3 Å². The fourth-order valence-corrected chi connectivity index (χ4v) is 2.47. The lowest BCUT2D eigenvalue weighted by atomic mass is 10.0. The molecule has 0 bridgehead atoms. The van der Waals surface area contributed by atoms with Gasteiger partial charge in [-0.2, -0.15) is 5.11 Å². The quantitative estimate of drug-likeness (QED) is 0.347. The number of hydrogen-bond acceptors (Lipinski definition) is 6. The number of azo groups is 1. The van der Waals surface area contributed by atoms with Crippen LogP contribution in [0.4, 0.5) is 17.1 Å². The van der Waals surface area contributed by atoms with E-state index in [0.29, 0.717) is 11.3 Å². The predicted octanol–water partition coefficient (Wildman–Crippen LogP) is 5.74. The van der Waals surface area contributed by atoms with E-state index in [1.54, 1.807) is 30.3 Å². The molecule has 0 saturated carbocycles. The molecule has 0 fully saturated rings. The Bertz CT molecular complexity index is 1010. The first-order valence-corrected chi connectivity index (χ1v) is 7.80. The molecule has 0 aliphatic rings. The van der Waals surface area contributed by atoms with E-state index in [0.717, 1.165) is 6.07 Å². The Morgan fingerprint density at radius 3 is 2.35 bits per heavy atom. The number of hydrogen-bond donors (Lipinski definition) is 2. The van der Waals surface area contributed by atoms with Crippen molar-refractivity contribution in [2.75, 3.05) is 0 Å². The Labute approximate surface area is 153 Å². The molecule has 0 radical (unpaired) electrons. The standard InChI is InChI=1S/C18H12ClN3O4/c19-14-9-13(17(23)10-18(14)24)11-6-7-15(16(8-11)22(25)26)21-20-12-4-2-1-3-5-12/h1-10,23-24H. The number of phenolic OH excluding ortho intramolecular Hbond substituents is 2. The van der Waals surface area contributed by atoms with Crippen LogP contribution in [0, 0.1) is 10.1 Å². The van der Waals surface area contributed by atoms with Crippen LogP contribution in [-0.4, -0.2) is 15.1 Å². The van der Waals surface area contributed by atoms with Gasteiger partial charge in [-0.3, -0.25) is 10.1 Å². The second-order valence-electron chi connectivity index (χ2n) is 5.32. The second-order valence-corrected chi connectivity index (χ2v) is 5.72. The van der Waals surface area contributed by atoms with Crippen molar-refractivity contribution in [1.29, 1.82) is 0 Å². The first kappa shape index (κ1) is 17.4. The van der Waals surface area contributed by atoms with Crippen LogP contribution in [0.5, 0.6) is 11.5 Å². The number of phenols is 2. The molecule has 0 spiro atoms. The third-order valence-corrected chi connectivity index (χ3v) is 3.88. The Morgan fingerprint density at radius 2 is 1.65 bits per heavy atom. The largest absolute Gasteiger partial charge is 0.507 e. The number of nitrogens with zero attached hydrogens (tertiary/aromatic N) is 3. The average Bonchev–Trinajstić information content (AvgIpc) is 2.63. The van der Waals surface area contributed by atoms with E-state index < -0.39 is 4.92 Å². The van der Waals surface area contributed by atoms with Crippen LogP contribution in [0.15, 0.2) is 70.9 Å². The maximum Gasteiger partial charge on any atom is 0.297 e. The van der Waals surface area contributed by atoms with Gasteiger partial charge in [-0.25, -0.2) is 0 Å². The van der Waals surface area contributed by atoms with Crippen molar-refractivity contribution >= 4 is 28.7 Å². The molecule has 0 heterocycles. The Balaban J connectivity index is 2.04. The fourth-order valence-electron chi connectivity index (χ4n) is 2.31. The lowest BCUT2D eigenvalue weighted by molar-refractivity contribution is -0.384. The first-order valence-electron chi connectivity index (χ1n) is 7.43. The molecule has 8 heteroatoms. The van der Waals surface area contributed by atoms with Gasteiger partial charge in [-0.1, -0.05) is 35.9 Å². The van der Waals surface area contributed by atoms with Gasteiger partial charge >= 0.3 is 0 Å². The Kier molecular flexibility index (Phi) is 4.81. The van der Waals surface area contributed by atoms with Gasteiger partial charge < -0.3 is 10.2 Å². The van der Waals surface area contributed by atoms with E-state index in [1.807, 2.05) is 6.07 Å². The molecular formula is C18H12ClN3O4. The highest BCUT2D eigenvalue weighted by Gasteiger charge is 2.17. The van der Waals surface area contributed by atoms with Gasteiger partial charge in [0.25, 0.3) is 5.69 Å². The molecule has 0 aliphatic carbocycles. The molecule has 2 N–H and O–H groups in total. The summed E-state index contributed by atoms with van der Waals surface area (Å²) in [5, 5.41) is 38.8. The maximum absolute atomic E-state index is 11.4. The molecule has 130 valence electrons. The van der Waals surface area contributed by atoms with E-state index in [4.69, 9.17) is 11.6 Å². The highest BCUT2D eigenvalue weighted by Crippen LogP contribution is 2.40. The van der Waals surface area contributed by atoms with Crippen molar-refractivity contribution in [3.05, 3.63) is 75.8 Å².